The van der Waals surface area contributed by atoms with E-state index in [1.165, 1.54) is 5.56 Å². The van der Waals surface area contributed by atoms with Crippen LogP contribution in [0.25, 0.3) is 11.4 Å². The van der Waals surface area contributed by atoms with Gasteiger partial charge in [0.15, 0.2) is 0 Å². The minimum atomic E-state index is 0.631. The molecule has 0 unspecified atom stereocenters. The summed E-state index contributed by atoms with van der Waals surface area (Å²) in [4.78, 5) is 4.43. The molecule has 0 N–H and O–H groups in total. The monoisotopic (exact) mass is 294 g/mol. The fraction of sp³-hybridized carbons (Fsp3) is 0.222. The summed E-state index contributed by atoms with van der Waals surface area (Å²) in [5, 5.41) is 4.04. The maximum atomic E-state index is 5.65. The second-order valence-corrected chi connectivity index (χ2v) is 5.15. The predicted octanol–water partition coefficient (Wildman–Crippen LogP) is 4.06. The van der Waals surface area contributed by atoms with Crippen molar-refractivity contribution in [2.45, 2.75) is 19.8 Å². The standard InChI is InChI=1S/C18H18N2O2/c1-14-7-5-8-15(13-14)18-19-17(22-20-18)11-6-12-21-16-9-3-2-4-10-16/h2-5,7-10,13H,6,11-12H2,1H3. The van der Waals surface area contributed by atoms with E-state index in [1.807, 2.05) is 61.5 Å². The molecule has 112 valence electrons. The molecule has 2 aromatic carbocycles. The molecule has 4 heteroatoms. The fourth-order valence-corrected chi connectivity index (χ4v) is 2.19. The van der Waals surface area contributed by atoms with Crippen molar-refractivity contribution in [3.05, 3.63) is 66.1 Å². The van der Waals surface area contributed by atoms with Crippen LogP contribution in [0.15, 0.2) is 59.1 Å². The number of hydrogen-bond donors (Lipinski definition) is 0. The number of benzene rings is 2. The Morgan fingerprint density at radius 2 is 1.91 bits per heavy atom. The molecule has 0 aliphatic carbocycles. The van der Waals surface area contributed by atoms with Crippen LogP contribution in [0.3, 0.4) is 0 Å². The zero-order valence-corrected chi connectivity index (χ0v) is 12.5. The van der Waals surface area contributed by atoms with E-state index >= 15 is 0 Å². The molecule has 1 heterocycles. The SMILES string of the molecule is Cc1cccc(-c2noc(CCCOc3ccccc3)n2)c1. The molecule has 0 fully saturated rings. The minimum Gasteiger partial charge on any atom is -0.494 e. The summed E-state index contributed by atoms with van der Waals surface area (Å²) in [5.41, 5.74) is 2.16. The summed E-state index contributed by atoms with van der Waals surface area (Å²) >= 11 is 0. The van der Waals surface area contributed by atoms with Crippen LogP contribution in [0.2, 0.25) is 0 Å². The number of nitrogens with zero attached hydrogens (tertiary/aromatic N) is 2. The molecule has 0 radical (unpaired) electrons. The zero-order chi connectivity index (χ0) is 15.2. The van der Waals surface area contributed by atoms with E-state index in [0.29, 0.717) is 24.7 Å². The Morgan fingerprint density at radius 1 is 1.05 bits per heavy atom. The summed E-state index contributed by atoms with van der Waals surface area (Å²) in [6.45, 7) is 2.68. The average molecular weight is 294 g/mol. The molecule has 0 bridgehead atoms. The quantitative estimate of drug-likeness (QED) is 0.643. The van der Waals surface area contributed by atoms with Crippen LogP contribution in [-0.4, -0.2) is 16.7 Å². The molecule has 3 rings (SSSR count). The highest BCUT2D eigenvalue weighted by Crippen LogP contribution is 2.17. The second kappa shape index (κ2) is 6.89. The molecule has 0 aliphatic heterocycles. The van der Waals surface area contributed by atoms with Crippen molar-refractivity contribution in [2.24, 2.45) is 0 Å². The number of hydrogen-bond acceptors (Lipinski definition) is 4. The zero-order valence-electron chi connectivity index (χ0n) is 12.5. The lowest BCUT2D eigenvalue weighted by molar-refractivity contribution is 0.298. The summed E-state index contributed by atoms with van der Waals surface area (Å²) in [7, 11) is 0. The van der Waals surface area contributed by atoms with E-state index in [0.717, 1.165) is 17.7 Å². The molecule has 4 nitrogen and oxygen atoms in total. The molecular formula is C18H18N2O2. The Morgan fingerprint density at radius 3 is 2.73 bits per heavy atom. The van der Waals surface area contributed by atoms with E-state index in [2.05, 4.69) is 10.1 Å². The van der Waals surface area contributed by atoms with Gasteiger partial charge in [-0.25, -0.2) is 0 Å². The van der Waals surface area contributed by atoms with E-state index in [9.17, 15) is 0 Å². The highest BCUT2D eigenvalue weighted by atomic mass is 16.5. The van der Waals surface area contributed by atoms with Gasteiger partial charge in [0.25, 0.3) is 0 Å². The maximum absolute atomic E-state index is 5.65. The van der Waals surface area contributed by atoms with Crippen LogP contribution in [-0.2, 0) is 6.42 Å². The Bertz CT molecular complexity index is 723. The Balaban J connectivity index is 1.52. The lowest BCUT2D eigenvalue weighted by atomic mass is 10.1. The molecule has 22 heavy (non-hydrogen) atoms. The lowest BCUT2D eigenvalue weighted by Gasteiger charge is -2.03. The minimum absolute atomic E-state index is 0.631. The molecular weight excluding hydrogens is 276 g/mol. The van der Waals surface area contributed by atoms with Crippen molar-refractivity contribution >= 4 is 0 Å². The molecule has 0 aliphatic rings. The Kier molecular flexibility index (Phi) is 4.49. The molecule has 0 spiro atoms. The number of aryl methyl sites for hydroxylation is 2. The smallest absolute Gasteiger partial charge is 0.227 e. The van der Waals surface area contributed by atoms with Gasteiger partial charge in [-0.3, -0.25) is 0 Å². The van der Waals surface area contributed by atoms with Crippen LogP contribution in [0.5, 0.6) is 5.75 Å². The van der Waals surface area contributed by atoms with Gasteiger partial charge in [-0.1, -0.05) is 47.1 Å². The first kappa shape index (κ1) is 14.3. The molecule has 1 aromatic heterocycles. The highest BCUT2D eigenvalue weighted by molar-refractivity contribution is 5.55. The van der Waals surface area contributed by atoms with Crippen LogP contribution in [0, 0.1) is 6.92 Å². The first-order valence-electron chi connectivity index (χ1n) is 7.39. The molecule has 0 atom stereocenters. The van der Waals surface area contributed by atoms with Crippen molar-refractivity contribution in [2.75, 3.05) is 6.61 Å². The predicted molar refractivity (Wildman–Crippen MR) is 84.7 cm³/mol. The lowest BCUT2D eigenvalue weighted by Crippen LogP contribution is -1.99. The summed E-state index contributed by atoms with van der Waals surface area (Å²) < 4.78 is 10.9. The van der Waals surface area contributed by atoms with Gasteiger partial charge in [0, 0.05) is 12.0 Å². The highest BCUT2D eigenvalue weighted by Gasteiger charge is 2.08. The third-order valence-electron chi connectivity index (χ3n) is 3.29. The van der Waals surface area contributed by atoms with E-state index in [-0.39, 0.29) is 0 Å². The summed E-state index contributed by atoms with van der Waals surface area (Å²) in [6.07, 6.45) is 1.55. The third kappa shape index (κ3) is 3.73. The van der Waals surface area contributed by atoms with Crippen LogP contribution < -0.4 is 4.74 Å². The van der Waals surface area contributed by atoms with Gasteiger partial charge in [0.1, 0.15) is 5.75 Å². The molecule has 0 amide bonds. The van der Waals surface area contributed by atoms with Crippen molar-refractivity contribution in [1.29, 1.82) is 0 Å². The molecule has 0 saturated carbocycles. The van der Waals surface area contributed by atoms with Crippen molar-refractivity contribution in [3.63, 3.8) is 0 Å². The van der Waals surface area contributed by atoms with Crippen molar-refractivity contribution in [1.82, 2.24) is 10.1 Å². The van der Waals surface area contributed by atoms with Crippen LogP contribution in [0.4, 0.5) is 0 Å². The van der Waals surface area contributed by atoms with Gasteiger partial charge in [0.05, 0.1) is 6.61 Å². The number of rotatable bonds is 6. The van der Waals surface area contributed by atoms with Gasteiger partial charge in [-0.05, 0) is 31.5 Å². The average Bonchev–Trinajstić information content (AvgIpc) is 3.02. The Hall–Kier alpha value is -2.62. The van der Waals surface area contributed by atoms with Gasteiger partial charge >= 0.3 is 0 Å². The summed E-state index contributed by atoms with van der Waals surface area (Å²) in [6, 6.07) is 17.9. The van der Waals surface area contributed by atoms with Crippen LogP contribution in [0.1, 0.15) is 17.9 Å². The normalized spacial score (nSPS) is 10.6. The van der Waals surface area contributed by atoms with Gasteiger partial charge in [-0.2, -0.15) is 4.98 Å². The van der Waals surface area contributed by atoms with Gasteiger partial charge < -0.3 is 9.26 Å². The van der Waals surface area contributed by atoms with Crippen LogP contribution >= 0.6 is 0 Å². The molecule has 0 saturated heterocycles. The number of aromatic nitrogens is 2. The van der Waals surface area contributed by atoms with E-state index in [1.54, 1.807) is 0 Å². The van der Waals surface area contributed by atoms with E-state index < -0.39 is 0 Å². The maximum Gasteiger partial charge on any atom is 0.227 e. The largest absolute Gasteiger partial charge is 0.494 e. The number of para-hydroxylation sites is 1. The topological polar surface area (TPSA) is 48.2 Å². The first-order chi connectivity index (χ1) is 10.8. The summed E-state index contributed by atoms with van der Waals surface area (Å²) in [5.74, 6) is 2.17. The first-order valence-corrected chi connectivity index (χ1v) is 7.39. The van der Waals surface area contributed by atoms with Gasteiger partial charge in [0.2, 0.25) is 11.7 Å². The second-order valence-electron chi connectivity index (χ2n) is 5.15. The Labute approximate surface area is 129 Å². The van der Waals surface area contributed by atoms with E-state index in [4.69, 9.17) is 9.26 Å². The van der Waals surface area contributed by atoms with Crippen molar-refractivity contribution in [3.8, 4) is 17.1 Å². The van der Waals surface area contributed by atoms with Crippen molar-refractivity contribution < 1.29 is 9.26 Å². The van der Waals surface area contributed by atoms with Gasteiger partial charge in [-0.15, -0.1) is 0 Å². The molecule has 3 aromatic rings. The fourth-order valence-electron chi connectivity index (χ4n) is 2.19. The number of ether oxygens (including phenoxy) is 1. The third-order valence-corrected chi connectivity index (χ3v) is 3.29.